The van der Waals surface area contributed by atoms with Crippen molar-refractivity contribution in [3.63, 3.8) is 0 Å². The van der Waals surface area contributed by atoms with Gasteiger partial charge in [0.2, 0.25) is 11.8 Å². The van der Waals surface area contributed by atoms with Crippen LogP contribution in [0.15, 0.2) is 28.7 Å². The number of carbonyl (C=O) groups excluding carboxylic acids is 1. The van der Waals surface area contributed by atoms with Crippen LogP contribution in [0.1, 0.15) is 35.0 Å². The third-order valence-electron chi connectivity index (χ3n) is 3.93. The second-order valence-corrected chi connectivity index (χ2v) is 5.66. The van der Waals surface area contributed by atoms with Crippen LogP contribution in [-0.4, -0.2) is 34.0 Å². The van der Waals surface area contributed by atoms with Crippen molar-refractivity contribution in [3.05, 3.63) is 47.4 Å². The Labute approximate surface area is 128 Å². The van der Waals surface area contributed by atoms with Crippen LogP contribution in [0.4, 0.5) is 4.39 Å². The van der Waals surface area contributed by atoms with E-state index in [1.54, 1.807) is 19.1 Å². The Hall–Kier alpha value is -2.08. The summed E-state index contributed by atoms with van der Waals surface area (Å²) < 4.78 is 18.3. The fourth-order valence-electron chi connectivity index (χ4n) is 2.86. The van der Waals surface area contributed by atoms with Gasteiger partial charge in [-0.05, 0) is 43.7 Å². The highest BCUT2D eigenvalue weighted by molar-refractivity contribution is 5.98. The maximum Gasteiger partial charge on any atom is 0.230 e. The molecule has 6 heteroatoms. The smallest absolute Gasteiger partial charge is 0.230 e. The first-order chi connectivity index (χ1) is 10.6. The third kappa shape index (κ3) is 3.39. The molecule has 0 unspecified atom stereocenters. The number of carbonyl (C=O) groups is 1. The monoisotopic (exact) mass is 303 g/mol. The number of benzene rings is 1. The summed E-state index contributed by atoms with van der Waals surface area (Å²) in [4.78, 5) is 14.7. The predicted molar refractivity (Wildman–Crippen MR) is 77.8 cm³/mol. The van der Waals surface area contributed by atoms with Gasteiger partial charge in [0, 0.05) is 24.9 Å². The summed E-state index contributed by atoms with van der Waals surface area (Å²) in [6.45, 7) is 3.90. The second kappa shape index (κ2) is 6.36. The number of likely N-dealkylation sites (tertiary alicyclic amines) is 1. The van der Waals surface area contributed by atoms with Gasteiger partial charge in [-0.3, -0.25) is 9.69 Å². The number of aromatic nitrogens is 2. The fraction of sp³-hybridized carbons (Fsp3) is 0.438. The standard InChI is InChI=1S/C16H18FN3O2/c1-11-18-19-15(22-11)10-20-8-2-3-13(9-20)16(21)12-4-6-14(17)7-5-12/h4-7,13H,2-3,8-10H2,1H3/t13-/m0/s1. The summed E-state index contributed by atoms with van der Waals surface area (Å²) in [5.74, 6) is 0.807. The van der Waals surface area contributed by atoms with Crippen molar-refractivity contribution in [1.29, 1.82) is 0 Å². The average molecular weight is 303 g/mol. The van der Waals surface area contributed by atoms with Crippen molar-refractivity contribution >= 4 is 5.78 Å². The number of aryl methyl sites for hydroxylation is 1. The molecule has 0 N–H and O–H groups in total. The van der Waals surface area contributed by atoms with E-state index in [9.17, 15) is 9.18 Å². The third-order valence-corrected chi connectivity index (χ3v) is 3.93. The van der Waals surface area contributed by atoms with E-state index in [4.69, 9.17) is 4.42 Å². The van der Waals surface area contributed by atoms with Crippen molar-refractivity contribution in [1.82, 2.24) is 15.1 Å². The number of rotatable bonds is 4. The molecule has 0 saturated carbocycles. The molecule has 0 spiro atoms. The summed E-state index contributed by atoms with van der Waals surface area (Å²) in [6.07, 6.45) is 1.81. The molecule has 116 valence electrons. The maximum absolute atomic E-state index is 13.0. The first kappa shape index (κ1) is 14.8. The van der Waals surface area contributed by atoms with Gasteiger partial charge in [-0.1, -0.05) is 0 Å². The molecule has 1 atom stereocenters. The van der Waals surface area contributed by atoms with E-state index in [2.05, 4.69) is 15.1 Å². The van der Waals surface area contributed by atoms with Crippen molar-refractivity contribution in [3.8, 4) is 0 Å². The Morgan fingerprint density at radius 1 is 1.36 bits per heavy atom. The van der Waals surface area contributed by atoms with Crippen molar-refractivity contribution in [2.24, 2.45) is 5.92 Å². The molecule has 0 amide bonds. The van der Waals surface area contributed by atoms with E-state index in [0.29, 0.717) is 30.4 Å². The number of hydrogen-bond donors (Lipinski definition) is 0. The molecule has 2 heterocycles. The Bertz CT molecular complexity index is 654. The highest BCUT2D eigenvalue weighted by Crippen LogP contribution is 2.22. The molecule has 0 aliphatic carbocycles. The Kier molecular flexibility index (Phi) is 4.29. The largest absolute Gasteiger partial charge is 0.424 e. The Morgan fingerprint density at radius 3 is 2.82 bits per heavy atom. The first-order valence-electron chi connectivity index (χ1n) is 7.43. The topological polar surface area (TPSA) is 59.2 Å². The number of nitrogens with zero attached hydrogens (tertiary/aromatic N) is 3. The lowest BCUT2D eigenvalue weighted by Crippen LogP contribution is -2.38. The zero-order valence-corrected chi connectivity index (χ0v) is 12.5. The quantitative estimate of drug-likeness (QED) is 0.813. The Balaban J connectivity index is 1.64. The van der Waals surface area contributed by atoms with E-state index in [0.717, 1.165) is 19.4 Å². The normalized spacial score (nSPS) is 19.3. The van der Waals surface area contributed by atoms with E-state index in [1.807, 2.05) is 0 Å². The number of piperidine rings is 1. The van der Waals surface area contributed by atoms with Crippen molar-refractivity contribution in [2.45, 2.75) is 26.3 Å². The van der Waals surface area contributed by atoms with E-state index < -0.39 is 0 Å². The molecule has 1 aromatic heterocycles. The highest BCUT2D eigenvalue weighted by Gasteiger charge is 2.27. The second-order valence-electron chi connectivity index (χ2n) is 5.66. The highest BCUT2D eigenvalue weighted by atomic mass is 19.1. The fourth-order valence-corrected chi connectivity index (χ4v) is 2.86. The van der Waals surface area contributed by atoms with Gasteiger partial charge in [0.25, 0.3) is 0 Å². The molecule has 1 saturated heterocycles. The minimum Gasteiger partial charge on any atom is -0.424 e. The van der Waals surface area contributed by atoms with Crippen LogP contribution in [0.2, 0.25) is 0 Å². The summed E-state index contributed by atoms with van der Waals surface area (Å²) in [5.41, 5.74) is 0.571. The minimum absolute atomic E-state index is 0.0665. The van der Waals surface area contributed by atoms with E-state index >= 15 is 0 Å². The van der Waals surface area contributed by atoms with Crippen LogP contribution in [0.25, 0.3) is 0 Å². The van der Waals surface area contributed by atoms with Gasteiger partial charge in [0.1, 0.15) is 5.82 Å². The van der Waals surface area contributed by atoms with Gasteiger partial charge in [0.15, 0.2) is 5.78 Å². The zero-order valence-electron chi connectivity index (χ0n) is 12.5. The zero-order chi connectivity index (χ0) is 15.5. The van der Waals surface area contributed by atoms with Crippen LogP contribution in [0.3, 0.4) is 0 Å². The molecule has 5 nitrogen and oxygen atoms in total. The van der Waals surface area contributed by atoms with Gasteiger partial charge < -0.3 is 4.42 Å². The van der Waals surface area contributed by atoms with Gasteiger partial charge in [-0.25, -0.2) is 4.39 Å². The molecule has 1 fully saturated rings. The van der Waals surface area contributed by atoms with Crippen LogP contribution >= 0.6 is 0 Å². The van der Waals surface area contributed by atoms with Crippen molar-refractivity contribution < 1.29 is 13.6 Å². The molecule has 0 bridgehead atoms. The molecular formula is C16H18FN3O2. The number of halogens is 1. The van der Waals surface area contributed by atoms with Crippen LogP contribution in [0.5, 0.6) is 0 Å². The van der Waals surface area contributed by atoms with Crippen molar-refractivity contribution in [2.75, 3.05) is 13.1 Å². The predicted octanol–water partition coefficient (Wildman–Crippen LogP) is 2.61. The SMILES string of the molecule is Cc1nnc(CN2CCC[C@H](C(=O)c3ccc(F)cc3)C2)o1. The summed E-state index contributed by atoms with van der Waals surface area (Å²) in [6, 6.07) is 5.76. The number of hydrogen-bond acceptors (Lipinski definition) is 5. The average Bonchev–Trinajstić information content (AvgIpc) is 2.93. The molecule has 22 heavy (non-hydrogen) atoms. The van der Waals surface area contributed by atoms with Gasteiger partial charge >= 0.3 is 0 Å². The maximum atomic E-state index is 13.0. The van der Waals surface area contributed by atoms with E-state index in [-0.39, 0.29) is 17.5 Å². The lowest BCUT2D eigenvalue weighted by molar-refractivity contribution is 0.0799. The van der Waals surface area contributed by atoms with Gasteiger partial charge in [-0.15, -0.1) is 10.2 Å². The molecule has 1 aliphatic heterocycles. The minimum atomic E-state index is -0.325. The first-order valence-corrected chi connectivity index (χ1v) is 7.43. The number of Topliss-reactive ketones (excluding diaryl/α,β-unsaturated/α-hetero) is 1. The molecule has 0 radical (unpaired) electrons. The summed E-state index contributed by atoms with van der Waals surface area (Å²) in [5, 5.41) is 7.81. The summed E-state index contributed by atoms with van der Waals surface area (Å²) >= 11 is 0. The lowest BCUT2D eigenvalue weighted by atomic mass is 9.90. The molecular weight excluding hydrogens is 285 g/mol. The molecule has 1 aromatic carbocycles. The van der Waals surface area contributed by atoms with Gasteiger partial charge in [-0.2, -0.15) is 0 Å². The summed E-state index contributed by atoms with van der Waals surface area (Å²) in [7, 11) is 0. The van der Waals surface area contributed by atoms with Crippen LogP contribution < -0.4 is 0 Å². The van der Waals surface area contributed by atoms with Crippen LogP contribution in [0, 0.1) is 18.7 Å². The van der Waals surface area contributed by atoms with Crippen LogP contribution in [-0.2, 0) is 6.54 Å². The Morgan fingerprint density at radius 2 is 2.14 bits per heavy atom. The molecule has 2 aromatic rings. The molecule has 3 rings (SSSR count). The lowest BCUT2D eigenvalue weighted by Gasteiger charge is -2.30. The van der Waals surface area contributed by atoms with Gasteiger partial charge in [0.05, 0.1) is 6.54 Å². The van der Waals surface area contributed by atoms with E-state index in [1.165, 1.54) is 12.1 Å². The number of ketones is 1. The molecule has 1 aliphatic rings.